The Balaban J connectivity index is 2.03. The van der Waals surface area contributed by atoms with Crippen molar-refractivity contribution in [3.63, 3.8) is 0 Å². The van der Waals surface area contributed by atoms with Gasteiger partial charge < -0.3 is 10.1 Å². The molecule has 0 atom stereocenters. The van der Waals surface area contributed by atoms with E-state index in [1.807, 2.05) is 30.3 Å². The minimum absolute atomic E-state index is 0.308. The normalized spacial score (nSPS) is 10.0. The number of aryl methyl sites for hydroxylation is 1. The summed E-state index contributed by atoms with van der Waals surface area (Å²) in [6.45, 7) is 2.73. The molecule has 0 aliphatic rings. The van der Waals surface area contributed by atoms with Crippen LogP contribution in [0.4, 0.5) is 5.69 Å². The van der Waals surface area contributed by atoms with E-state index >= 15 is 0 Å². The maximum atomic E-state index is 11.4. The monoisotopic (exact) mass is 255 g/mol. The number of anilines is 1. The number of hydrogen-bond acceptors (Lipinski definition) is 3. The Morgan fingerprint density at radius 2 is 1.89 bits per heavy atom. The molecule has 0 radical (unpaired) electrons. The molecule has 0 saturated heterocycles. The van der Waals surface area contributed by atoms with Gasteiger partial charge in [0, 0.05) is 12.2 Å². The molecule has 0 saturated carbocycles. The number of hydrogen-bond donors (Lipinski definition) is 1. The molecule has 3 heteroatoms. The number of rotatable bonds is 4. The second kappa shape index (κ2) is 6.05. The molecule has 0 unspecified atom stereocenters. The molecule has 2 aromatic carbocycles. The summed E-state index contributed by atoms with van der Waals surface area (Å²) in [5.41, 5.74) is 3.92. The summed E-state index contributed by atoms with van der Waals surface area (Å²) in [7, 11) is 1.39. The van der Waals surface area contributed by atoms with Crippen LogP contribution in [-0.4, -0.2) is 13.1 Å². The molecule has 0 fully saturated rings. The van der Waals surface area contributed by atoms with Crippen LogP contribution in [0, 0.1) is 6.92 Å². The van der Waals surface area contributed by atoms with Crippen LogP contribution in [0.2, 0.25) is 0 Å². The minimum atomic E-state index is -0.308. The van der Waals surface area contributed by atoms with Crippen molar-refractivity contribution < 1.29 is 9.53 Å². The van der Waals surface area contributed by atoms with Crippen LogP contribution in [0.5, 0.6) is 0 Å². The van der Waals surface area contributed by atoms with Crippen molar-refractivity contribution in [2.24, 2.45) is 0 Å². The van der Waals surface area contributed by atoms with Gasteiger partial charge in [-0.1, -0.05) is 29.8 Å². The molecule has 0 heterocycles. The third-order valence-electron chi connectivity index (χ3n) is 2.90. The first-order chi connectivity index (χ1) is 9.19. The van der Waals surface area contributed by atoms with Crippen molar-refractivity contribution in [2.75, 3.05) is 12.4 Å². The molecule has 0 amide bonds. The predicted molar refractivity (Wildman–Crippen MR) is 76.3 cm³/mol. The third kappa shape index (κ3) is 3.58. The molecule has 3 nitrogen and oxygen atoms in total. The second-order valence-electron chi connectivity index (χ2n) is 4.41. The van der Waals surface area contributed by atoms with E-state index in [2.05, 4.69) is 24.4 Å². The highest BCUT2D eigenvalue weighted by Crippen LogP contribution is 2.12. The highest BCUT2D eigenvalue weighted by molar-refractivity contribution is 5.89. The second-order valence-corrected chi connectivity index (χ2v) is 4.41. The predicted octanol–water partition coefficient (Wildman–Crippen LogP) is 3.39. The molecule has 19 heavy (non-hydrogen) atoms. The Morgan fingerprint density at radius 1 is 1.16 bits per heavy atom. The fourth-order valence-corrected chi connectivity index (χ4v) is 1.80. The largest absolute Gasteiger partial charge is 0.465 e. The van der Waals surface area contributed by atoms with Gasteiger partial charge in [0.25, 0.3) is 0 Å². The van der Waals surface area contributed by atoms with Crippen LogP contribution >= 0.6 is 0 Å². The van der Waals surface area contributed by atoms with Crippen molar-refractivity contribution in [1.29, 1.82) is 0 Å². The van der Waals surface area contributed by atoms with Gasteiger partial charge in [-0.05, 0) is 36.8 Å². The lowest BCUT2D eigenvalue weighted by atomic mass is 10.1. The molecule has 0 bridgehead atoms. The van der Waals surface area contributed by atoms with E-state index in [0.29, 0.717) is 12.1 Å². The minimum Gasteiger partial charge on any atom is -0.465 e. The molecule has 0 aliphatic carbocycles. The van der Waals surface area contributed by atoms with E-state index in [4.69, 9.17) is 4.74 Å². The lowest BCUT2D eigenvalue weighted by Crippen LogP contribution is -2.04. The van der Waals surface area contributed by atoms with Gasteiger partial charge in [0.05, 0.1) is 12.7 Å². The third-order valence-corrected chi connectivity index (χ3v) is 2.90. The fraction of sp³-hybridized carbons (Fsp3) is 0.188. The van der Waals surface area contributed by atoms with Crippen molar-refractivity contribution >= 4 is 11.7 Å². The van der Waals surface area contributed by atoms with Crippen molar-refractivity contribution in [2.45, 2.75) is 13.5 Å². The Labute approximate surface area is 113 Å². The zero-order valence-corrected chi connectivity index (χ0v) is 11.1. The van der Waals surface area contributed by atoms with E-state index in [1.54, 1.807) is 6.07 Å². The molecule has 0 spiro atoms. The Morgan fingerprint density at radius 3 is 2.58 bits per heavy atom. The summed E-state index contributed by atoms with van der Waals surface area (Å²) >= 11 is 0. The highest BCUT2D eigenvalue weighted by Gasteiger charge is 2.05. The summed E-state index contributed by atoms with van der Waals surface area (Å²) in [6.07, 6.45) is 0. The van der Waals surface area contributed by atoms with Gasteiger partial charge in [0.1, 0.15) is 0 Å². The van der Waals surface area contributed by atoms with Gasteiger partial charge in [-0.15, -0.1) is 0 Å². The average Bonchev–Trinajstić information content (AvgIpc) is 2.46. The zero-order chi connectivity index (χ0) is 13.7. The molecule has 2 aromatic rings. The topological polar surface area (TPSA) is 38.3 Å². The van der Waals surface area contributed by atoms with E-state index in [0.717, 1.165) is 11.3 Å². The molecular weight excluding hydrogens is 238 g/mol. The van der Waals surface area contributed by atoms with Crippen LogP contribution < -0.4 is 5.32 Å². The first kappa shape index (κ1) is 13.1. The molecule has 98 valence electrons. The maximum Gasteiger partial charge on any atom is 0.337 e. The lowest BCUT2D eigenvalue weighted by molar-refractivity contribution is 0.0600. The van der Waals surface area contributed by atoms with E-state index in [-0.39, 0.29) is 5.97 Å². The number of nitrogens with one attached hydrogen (secondary N) is 1. The standard InChI is InChI=1S/C16H17NO2/c1-12-6-8-15(9-7-12)17-11-13-4-3-5-14(10-13)16(18)19-2/h3-10,17H,11H2,1-2H3. The molecular formula is C16H17NO2. The Bertz CT molecular complexity index is 561. The number of benzene rings is 2. The smallest absolute Gasteiger partial charge is 0.337 e. The van der Waals surface area contributed by atoms with Gasteiger partial charge in [-0.2, -0.15) is 0 Å². The van der Waals surface area contributed by atoms with Gasteiger partial charge >= 0.3 is 5.97 Å². The van der Waals surface area contributed by atoms with E-state index < -0.39 is 0 Å². The fourth-order valence-electron chi connectivity index (χ4n) is 1.80. The van der Waals surface area contributed by atoms with E-state index in [9.17, 15) is 4.79 Å². The summed E-state index contributed by atoms with van der Waals surface area (Å²) in [4.78, 5) is 11.4. The van der Waals surface area contributed by atoms with Gasteiger partial charge in [-0.25, -0.2) is 4.79 Å². The van der Waals surface area contributed by atoms with Crippen LogP contribution in [-0.2, 0) is 11.3 Å². The summed E-state index contributed by atoms with van der Waals surface area (Å²) < 4.78 is 4.71. The van der Waals surface area contributed by atoms with Crippen LogP contribution in [0.3, 0.4) is 0 Å². The average molecular weight is 255 g/mol. The molecule has 0 aromatic heterocycles. The number of ether oxygens (including phenoxy) is 1. The zero-order valence-electron chi connectivity index (χ0n) is 11.1. The molecule has 0 aliphatic heterocycles. The van der Waals surface area contributed by atoms with Crippen molar-refractivity contribution in [1.82, 2.24) is 0 Å². The van der Waals surface area contributed by atoms with Crippen LogP contribution in [0.15, 0.2) is 48.5 Å². The van der Waals surface area contributed by atoms with Crippen LogP contribution in [0.25, 0.3) is 0 Å². The maximum absolute atomic E-state index is 11.4. The van der Waals surface area contributed by atoms with Crippen molar-refractivity contribution in [3.8, 4) is 0 Å². The number of carbonyl (C=O) groups excluding carboxylic acids is 1. The van der Waals surface area contributed by atoms with Crippen LogP contribution in [0.1, 0.15) is 21.5 Å². The quantitative estimate of drug-likeness (QED) is 0.851. The van der Waals surface area contributed by atoms with Crippen molar-refractivity contribution in [3.05, 3.63) is 65.2 Å². The molecule has 2 rings (SSSR count). The Kier molecular flexibility index (Phi) is 4.18. The Hall–Kier alpha value is -2.29. The number of esters is 1. The summed E-state index contributed by atoms with van der Waals surface area (Å²) in [5.74, 6) is -0.308. The van der Waals surface area contributed by atoms with Gasteiger partial charge in [-0.3, -0.25) is 0 Å². The highest BCUT2D eigenvalue weighted by atomic mass is 16.5. The van der Waals surface area contributed by atoms with E-state index in [1.165, 1.54) is 12.7 Å². The summed E-state index contributed by atoms with van der Waals surface area (Å²) in [5, 5.41) is 3.32. The molecule has 1 N–H and O–H groups in total. The first-order valence-electron chi connectivity index (χ1n) is 6.17. The SMILES string of the molecule is COC(=O)c1cccc(CNc2ccc(C)cc2)c1. The lowest BCUT2D eigenvalue weighted by Gasteiger charge is -2.08. The van der Waals surface area contributed by atoms with Gasteiger partial charge in [0.15, 0.2) is 0 Å². The number of methoxy groups -OCH3 is 1. The number of carbonyl (C=O) groups is 1. The first-order valence-corrected chi connectivity index (χ1v) is 6.17. The summed E-state index contributed by atoms with van der Waals surface area (Å²) in [6, 6.07) is 15.6. The van der Waals surface area contributed by atoms with Gasteiger partial charge in [0.2, 0.25) is 0 Å².